The molecule has 0 saturated carbocycles. The number of hydrogen-bond acceptors (Lipinski definition) is 8. The maximum absolute atomic E-state index is 13.9. The summed E-state index contributed by atoms with van der Waals surface area (Å²) in [7, 11) is 0. The number of hydrogen-bond donors (Lipinski definition) is 5. The molecule has 2 aromatic carbocycles. The van der Waals surface area contributed by atoms with E-state index in [9.17, 15) is 28.8 Å². The lowest BCUT2D eigenvalue weighted by atomic mass is 10.0. The van der Waals surface area contributed by atoms with Gasteiger partial charge in [-0.15, -0.1) is 0 Å². The topological polar surface area (TPSA) is 172 Å². The van der Waals surface area contributed by atoms with Gasteiger partial charge < -0.3 is 31.3 Å². The van der Waals surface area contributed by atoms with Gasteiger partial charge in [0, 0.05) is 32.2 Å². The van der Waals surface area contributed by atoms with Crippen molar-refractivity contribution < 1.29 is 33.5 Å². The van der Waals surface area contributed by atoms with Crippen LogP contribution < -0.4 is 26.6 Å². The molecule has 1 aliphatic rings. The summed E-state index contributed by atoms with van der Waals surface area (Å²) in [6.45, 7) is 5.32. The zero-order chi connectivity index (χ0) is 35.8. The third-order valence-electron chi connectivity index (χ3n) is 7.66. The molecule has 0 aromatic heterocycles. The second kappa shape index (κ2) is 19.6. The fourth-order valence-electron chi connectivity index (χ4n) is 5.21. The summed E-state index contributed by atoms with van der Waals surface area (Å²) in [4.78, 5) is 80.3. The smallest absolute Gasteiger partial charge is 0.306 e. The van der Waals surface area contributed by atoms with Gasteiger partial charge in [-0.05, 0) is 63.2 Å². The van der Waals surface area contributed by atoms with Crippen LogP contribution in [0, 0.1) is 0 Å². The number of rotatable bonds is 10. The van der Waals surface area contributed by atoms with Gasteiger partial charge in [0.05, 0.1) is 0 Å². The van der Waals surface area contributed by atoms with Crippen molar-refractivity contribution in [2.24, 2.45) is 0 Å². The molecule has 4 atom stereocenters. The number of ether oxygens (including phenoxy) is 1. The summed E-state index contributed by atoms with van der Waals surface area (Å²) in [6, 6.07) is 14.1. The van der Waals surface area contributed by atoms with Crippen LogP contribution in [-0.4, -0.2) is 83.8 Å². The molecule has 3 rings (SSSR count). The third-order valence-corrected chi connectivity index (χ3v) is 8.31. The lowest BCUT2D eigenvalue weighted by Gasteiger charge is -2.26. The molecular formula is C36H49N5O7S. The fourth-order valence-corrected chi connectivity index (χ4v) is 5.68. The van der Waals surface area contributed by atoms with Crippen molar-refractivity contribution in [3.63, 3.8) is 0 Å². The van der Waals surface area contributed by atoms with E-state index in [0.29, 0.717) is 5.75 Å². The minimum Gasteiger partial charge on any atom is -0.460 e. The van der Waals surface area contributed by atoms with Crippen LogP contribution in [-0.2, 0) is 46.3 Å². The van der Waals surface area contributed by atoms with Crippen LogP contribution in [0.3, 0.4) is 0 Å². The summed E-state index contributed by atoms with van der Waals surface area (Å²) >= 11 is 1.50. The Kier molecular flexibility index (Phi) is 15.6. The number of thioether (sulfide) groups is 1. The van der Waals surface area contributed by atoms with Crippen LogP contribution in [0.2, 0.25) is 0 Å². The van der Waals surface area contributed by atoms with Gasteiger partial charge in [-0.2, -0.15) is 11.8 Å². The van der Waals surface area contributed by atoms with Gasteiger partial charge in [0.25, 0.3) is 0 Å². The molecule has 1 saturated heterocycles. The molecule has 0 radical (unpaired) electrons. The first-order chi connectivity index (χ1) is 23.3. The first-order valence-corrected chi connectivity index (χ1v) is 18.0. The summed E-state index contributed by atoms with van der Waals surface area (Å²) in [5.41, 5.74) is 0.859. The van der Waals surface area contributed by atoms with Crippen LogP contribution in [0.25, 0.3) is 0 Å². The Balaban J connectivity index is 1.93. The Bertz CT molecular complexity index is 1420. The van der Waals surface area contributed by atoms with Gasteiger partial charge in [-0.3, -0.25) is 28.8 Å². The molecule has 49 heavy (non-hydrogen) atoms. The van der Waals surface area contributed by atoms with Crippen molar-refractivity contribution in [1.82, 2.24) is 26.6 Å². The van der Waals surface area contributed by atoms with E-state index in [-0.39, 0.29) is 51.5 Å². The Morgan fingerprint density at radius 1 is 0.714 bits per heavy atom. The average Bonchev–Trinajstić information content (AvgIpc) is 3.05. The van der Waals surface area contributed by atoms with Gasteiger partial charge in [0.1, 0.15) is 29.8 Å². The Labute approximate surface area is 292 Å². The highest BCUT2D eigenvalue weighted by Crippen LogP contribution is 2.12. The van der Waals surface area contributed by atoms with Crippen molar-refractivity contribution in [2.75, 3.05) is 18.6 Å². The van der Waals surface area contributed by atoms with Crippen LogP contribution in [0.5, 0.6) is 0 Å². The van der Waals surface area contributed by atoms with E-state index in [1.165, 1.54) is 11.8 Å². The molecule has 1 heterocycles. The predicted octanol–water partition coefficient (Wildman–Crippen LogP) is 2.20. The largest absolute Gasteiger partial charge is 0.460 e. The Morgan fingerprint density at radius 2 is 1.20 bits per heavy atom. The number of amides is 5. The van der Waals surface area contributed by atoms with E-state index in [4.69, 9.17) is 4.74 Å². The summed E-state index contributed by atoms with van der Waals surface area (Å²) in [6.07, 6.45) is 2.54. The van der Waals surface area contributed by atoms with Gasteiger partial charge in [-0.25, -0.2) is 0 Å². The fraction of sp³-hybridized carbons (Fsp3) is 0.500. The highest BCUT2D eigenvalue weighted by Gasteiger charge is 2.32. The Hall–Kier alpha value is -4.39. The molecule has 5 amide bonds. The monoisotopic (exact) mass is 695 g/mol. The van der Waals surface area contributed by atoms with Crippen LogP contribution in [0.15, 0.2) is 60.7 Å². The van der Waals surface area contributed by atoms with Crippen molar-refractivity contribution >= 4 is 47.3 Å². The molecule has 2 aromatic rings. The second-order valence-electron chi connectivity index (χ2n) is 13.0. The molecule has 5 N–H and O–H groups in total. The van der Waals surface area contributed by atoms with E-state index >= 15 is 0 Å². The molecule has 0 unspecified atom stereocenters. The molecule has 0 bridgehead atoms. The number of carbonyl (C=O) groups is 6. The molecule has 13 heteroatoms. The molecule has 0 aliphatic carbocycles. The maximum Gasteiger partial charge on any atom is 0.306 e. The molecule has 266 valence electrons. The van der Waals surface area contributed by atoms with Crippen molar-refractivity contribution in [2.45, 2.75) is 95.5 Å². The minimum atomic E-state index is -1.12. The Morgan fingerprint density at radius 3 is 1.73 bits per heavy atom. The van der Waals surface area contributed by atoms with Gasteiger partial charge in [0.15, 0.2) is 0 Å². The normalized spacial score (nSPS) is 21.7. The summed E-state index contributed by atoms with van der Waals surface area (Å²) < 4.78 is 5.40. The first kappa shape index (κ1) is 39.1. The van der Waals surface area contributed by atoms with E-state index in [0.717, 1.165) is 11.1 Å². The van der Waals surface area contributed by atoms with Crippen molar-refractivity contribution in [1.29, 1.82) is 0 Å². The number of nitrogens with one attached hydrogen (secondary N) is 5. The van der Waals surface area contributed by atoms with Crippen LogP contribution >= 0.6 is 11.8 Å². The quantitative estimate of drug-likeness (QED) is 0.236. The molecule has 1 fully saturated rings. The van der Waals surface area contributed by atoms with Crippen LogP contribution in [0.4, 0.5) is 0 Å². The second-order valence-corrected chi connectivity index (χ2v) is 14.0. The molecule has 12 nitrogen and oxygen atoms in total. The predicted molar refractivity (Wildman–Crippen MR) is 188 cm³/mol. The SMILES string of the molecule is CSCC[C@@H]1NC(=O)[C@H](Cc2ccccc2)NC(=O)CCCNC(=O)[C@H](CCC(=O)OC(C)(C)C)NC(=O)[C@H](Cc2ccccc2)NC1=O. The van der Waals surface area contributed by atoms with E-state index in [1.807, 2.05) is 66.9 Å². The van der Waals surface area contributed by atoms with Gasteiger partial charge in [-0.1, -0.05) is 60.7 Å². The lowest BCUT2D eigenvalue weighted by molar-refractivity contribution is -0.155. The van der Waals surface area contributed by atoms with Gasteiger partial charge >= 0.3 is 5.97 Å². The highest BCUT2D eigenvalue weighted by molar-refractivity contribution is 7.98. The lowest BCUT2D eigenvalue weighted by Crippen LogP contribution is -2.59. The zero-order valence-corrected chi connectivity index (χ0v) is 29.5. The van der Waals surface area contributed by atoms with E-state index in [1.54, 1.807) is 20.8 Å². The molecular weight excluding hydrogens is 646 g/mol. The highest BCUT2D eigenvalue weighted by atomic mass is 32.2. The summed E-state index contributed by atoms with van der Waals surface area (Å²) in [5, 5.41) is 13.9. The average molecular weight is 696 g/mol. The van der Waals surface area contributed by atoms with E-state index < -0.39 is 65.3 Å². The van der Waals surface area contributed by atoms with E-state index in [2.05, 4.69) is 26.6 Å². The summed E-state index contributed by atoms with van der Waals surface area (Å²) in [5.74, 6) is -2.65. The minimum absolute atomic E-state index is 0.0172. The molecule has 0 spiro atoms. The standard InChI is InChI=1S/C36H49N5O7S/c1-36(2,3)48-31(43)18-17-26-32(44)37-20-11-16-30(42)38-28(22-24-12-7-5-8-13-24)34(46)40-27(19-21-49-4)33(45)41-29(35(47)39-26)23-25-14-9-6-10-15-25/h5-10,12-15,26-29H,11,16-23H2,1-4H3,(H,37,44)(H,38,42)(H,39,47)(H,40,46)(H,41,45)/t26-,27-,28-,29-/m0/s1. The van der Waals surface area contributed by atoms with Crippen molar-refractivity contribution in [3.8, 4) is 0 Å². The number of esters is 1. The molecule has 1 aliphatic heterocycles. The van der Waals surface area contributed by atoms with Gasteiger partial charge in [0.2, 0.25) is 29.5 Å². The maximum atomic E-state index is 13.9. The first-order valence-electron chi connectivity index (χ1n) is 16.6. The van der Waals surface area contributed by atoms with Crippen LogP contribution in [0.1, 0.15) is 64.0 Å². The third kappa shape index (κ3) is 14.3. The number of carbonyl (C=O) groups excluding carboxylic acids is 6. The number of benzene rings is 2. The van der Waals surface area contributed by atoms with Crippen molar-refractivity contribution in [3.05, 3.63) is 71.8 Å². The zero-order valence-electron chi connectivity index (χ0n) is 28.7.